The first kappa shape index (κ1) is 10.1. The van der Waals surface area contributed by atoms with Gasteiger partial charge in [-0.3, -0.25) is 0 Å². The molecule has 1 nitrogen and oxygen atoms in total. The monoisotopic (exact) mass is 208 g/mol. The summed E-state index contributed by atoms with van der Waals surface area (Å²) in [6.45, 7) is 2.06. The van der Waals surface area contributed by atoms with Crippen molar-refractivity contribution in [3.05, 3.63) is 35.4 Å². The molecule has 1 N–H and O–H groups in total. The molecule has 0 heterocycles. The average molecular weight is 208 g/mol. The van der Waals surface area contributed by atoms with Crippen LogP contribution in [0.15, 0.2) is 24.3 Å². The average Bonchev–Trinajstić information content (AvgIpc) is 2.97. The summed E-state index contributed by atoms with van der Waals surface area (Å²) < 4.78 is 0.119. The van der Waals surface area contributed by atoms with Crippen LogP contribution in [-0.4, -0.2) is 16.1 Å². The van der Waals surface area contributed by atoms with Gasteiger partial charge < -0.3 is 5.11 Å². The van der Waals surface area contributed by atoms with Crippen molar-refractivity contribution in [1.82, 2.24) is 0 Å². The van der Waals surface area contributed by atoms with Crippen LogP contribution in [0.5, 0.6) is 0 Å². The number of rotatable bonds is 3. The molecule has 0 radical (unpaired) electrons. The van der Waals surface area contributed by atoms with E-state index < -0.39 is 0 Å². The SMILES string of the molecule is CSC1(C(O)c2cccc(C)c2)CC1. The molecule has 1 atom stereocenters. The molecule has 1 aromatic rings. The summed E-state index contributed by atoms with van der Waals surface area (Å²) in [5.74, 6) is 0. The lowest BCUT2D eigenvalue weighted by molar-refractivity contribution is 0.167. The maximum absolute atomic E-state index is 10.2. The molecule has 1 fully saturated rings. The van der Waals surface area contributed by atoms with E-state index in [9.17, 15) is 5.11 Å². The van der Waals surface area contributed by atoms with Crippen molar-refractivity contribution in [2.24, 2.45) is 0 Å². The molecular weight excluding hydrogens is 192 g/mol. The van der Waals surface area contributed by atoms with Gasteiger partial charge in [-0.25, -0.2) is 0 Å². The molecule has 0 amide bonds. The highest BCUT2D eigenvalue weighted by Crippen LogP contribution is 2.55. The Morgan fingerprint density at radius 1 is 1.43 bits per heavy atom. The van der Waals surface area contributed by atoms with Gasteiger partial charge in [0.2, 0.25) is 0 Å². The Kier molecular flexibility index (Phi) is 2.58. The van der Waals surface area contributed by atoms with Gasteiger partial charge in [-0.05, 0) is 31.6 Å². The van der Waals surface area contributed by atoms with Gasteiger partial charge in [-0.2, -0.15) is 11.8 Å². The molecule has 0 spiro atoms. The van der Waals surface area contributed by atoms with Crippen molar-refractivity contribution in [2.75, 3.05) is 6.26 Å². The molecule has 14 heavy (non-hydrogen) atoms. The molecule has 0 saturated heterocycles. The summed E-state index contributed by atoms with van der Waals surface area (Å²) in [4.78, 5) is 0. The highest BCUT2D eigenvalue weighted by atomic mass is 32.2. The van der Waals surface area contributed by atoms with Crippen LogP contribution in [0, 0.1) is 6.92 Å². The van der Waals surface area contributed by atoms with Gasteiger partial charge in [0.15, 0.2) is 0 Å². The lowest BCUT2D eigenvalue weighted by Crippen LogP contribution is -2.15. The molecule has 2 rings (SSSR count). The Morgan fingerprint density at radius 2 is 2.14 bits per heavy atom. The van der Waals surface area contributed by atoms with Crippen LogP contribution in [0.3, 0.4) is 0 Å². The van der Waals surface area contributed by atoms with E-state index in [0.717, 1.165) is 18.4 Å². The van der Waals surface area contributed by atoms with Crippen LogP contribution in [0.25, 0.3) is 0 Å². The fraction of sp³-hybridized carbons (Fsp3) is 0.500. The molecule has 1 aliphatic rings. The molecule has 1 saturated carbocycles. The topological polar surface area (TPSA) is 20.2 Å². The number of benzene rings is 1. The number of aliphatic hydroxyl groups excluding tert-OH is 1. The minimum Gasteiger partial charge on any atom is -0.387 e. The maximum atomic E-state index is 10.2. The zero-order valence-electron chi connectivity index (χ0n) is 8.66. The largest absolute Gasteiger partial charge is 0.387 e. The normalized spacial score (nSPS) is 20.5. The van der Waals surface area contributed by atoms with Gasteiger partial charge in [0.05, 0.1) is 6.10 Å². The number of aryl methyl sites for hydroxylation is 1. The second kappa shape index (κ2) is 3.59. The minimum atomic E-state index is -0.294. The first-order valence-electron chi connectivity index (χ1n) is 4.98. The van der Waals surface area contributed by atoms with Gasteiger partial charge in [0.1, 0.15) is 0 Å². The molecule has 0 bridgehead atoms. The molecule has 2 heteroatoms. The lowest BCUT2D eigenvalue weighted by atomic mass is 10.0. The van der Waals surface area contributed by atoms with Crippen molar-refractivity contribution in [1.29, 1.82) is 0 Å². The molecule has 76 valence electrons. The predicted octanol–water partition coefficient (Wildman–Crippen LogP) is 2.92. The van der Waals surface area contributed by atoms with Crippen molar-refractivity contribution < 1.29 is 5.11 Å². The third kappa shape index (κ3) is 1.69. The van der Waals surface area contributed by atoms with Crippen LogP contribution < -0.4 is 0 Å². The summed E-state index contributed by atoms with van der Waals surface area (Å²) in [5, 5.41) is 10.2. The van der Waals surface area contributed by atoms with E-state index in [0.29, 0.717) is 0 Å². The predicted molar refractivity (Wildman–Crippen MR) is 61.6 cm³/mol. The Morgan fingerprint density at radius 3 is 2.64 bits per heavy atom. The van der Waals surface area contributed by atoms with Crippen LogP contribution in [0.1, 0.15) is 30.1 Å². The van der Waals surface area contributed by atoms with Crippen molar-refractivity contribution in [2.45, 2.75) is 30.6 Å². The summed E-state index contributed by atoms with van der Waals surface area (Å²) in [5.41, 5.74) is 2.29. The second-order valence-corrected chi connectivity index (χ2v) is 5.31. The second-order valence-electron chi connectivity index (χ2n) is 4.09. The van der Waals surface area contributed by atoms with E-state index in [1.54, 1.807) is 11.8 Å². The smallest absolute Gasteiger partial charge is 0.0936 e. The van der Waals surface area contributed by atoms with E-state index in [1.807, 2.05) is 12.1 Å². The number of hydrogen-bond acceptors (Lipinski definition) is 2. The van der Waals surface area contributed by atoms with Gasteiger partial charge in [-0.1, -0.05) is 29.8 Å². The Bertz CT molecular complexity index is 331. The van der Waals surface area contributed by atoms with Gasteiger partial charge in [-0.15, -0.1) is 0 Å². The number of hydrogen-bond donors (Lipinski definition) is 1. The van der Waals surface area contributed by atoms with E-state index in [1.165, 1.54) is 5.56 Å². The highest BCUT2D eigenvalue weighted by molar-refractivity contribution is 8.00. The Hall–Kier alpha value is -0.470. The van der Waals surface area contributed by atoms with Crippen LogP contribution in [0.4, 0.5) is 0 Å². The maximum Gasteiger partial charge on any atom is 0.0936 e. The van der Waals surface area contributed by atoms with Crippen LogP contribution in [0.2, 0.25) is 0 Å². The number of thioether (sulfide) groups is 1. The summed E-state index contributed by atoms with van der Waals surface area (Å²) in [7, 11) is 0. The van der Waals surface area contributed by atoms with E-state index in [-0.39, 0.29) is 10.9 Å². The number of aliphatic hydroxyl groups is 1. The molecule has 1 unspecified atom stereocenters. The fourth-order valence-corrected chi connectivity index (χ4v) is 2.73. The fourth-order valence-electron chi connectivity index (χ4n) is 1.86. The zero-order valence-corrected chi connectivity index (χ0v) is 9.47. The highest BCUT2D eigenvalue weighted by Gasteiger charge is 2.48. The van der Waals surface area contributed by atoms with Crippen LogP contribution in [-0.2, 0) is 0 Å². The van der Waals surface area contributed by atoms with Gasteiger partial charge >= 0.3 is 0 Å². The minimum absolute atomic E-state index is 0.119. The third-order valence-electron chi connectivity index (χ3n) is 3.01. The van der Waals surface area contributed by atoms with Crippen LogP contribution >= 0.6 is 11.8 Å². The summed E-state index contributed by atoms with van der Waals surface area (Å²) in [6.07, 6.45) is 4.08. The van der Waals surface area contributed by atoms with E-state index >= 15 is 0 Å². The summed E-state index contributed by atoms with van der Waals surface area (Å²) >= 11 is 1.80. The quantitative estimate of drug-likeness (QED) is 0.824. The van der Waals surface area contributed by atoms with Gasteiger partial charge in [0, 0.05) is 4.75 Å². The Labute approximate surface area is 89.5 Å². The molecule has 0 aliphatic heterocycles. The first-order valence-corrected chi connectivity index (χ1v) is 6.20. The Balaban J connectivity index is 2.23. The molecule has 1 aromatic carbocycles. The lowest BCUT2D eigenvalue weighted by Gasteiger charge is -2.20. The first-order chi connectivity index (χ1) is 6.68. The standard InChI is InChI=1S/C12H16OS/c1-9-4-3-5-10(8-9)11(13)12(14-2)6-7-12/h3-5,8,11,13H,6-7H2,1-2H3. The third-order valence-corrected chi connectivity index (χ3v) is 4.45. The van der Waals surface area contributed by atoms with Crippen molar-refractivity contribution in [3.63, 3.8) is 0 Å². The molecule has 0 aromatic heterocycles. The zero-order chi connectivity index (χ0) is 10.2. The molecular formula is C12H16OS. The summed E-state index contributed by atoms with van der Waals surface area (Å²) in [6, 6.07) is 8.19. The van der Waals surface area contributed by atoms with Gasteiger partial charge in [0.25, 0.3) is 0 Å². The molecule has 1 aliphatic carbocycles. The van der Waals surface area contributed by atoms with E-state index in [4.69, 9.17) is 0 Å². The van der Waals surface area contributed by atoms with Crippen molar-refractivity contribution >= 4 is 11.8 Å². The van der Waals surface area contributed by atoms with Crippen molar-refractivity contribution in [3.8, 4) is 0 Å². The van der Waals surface area contributed by atoms with E-state index in [2.05, 4.69) is 25.3 Å².